The smallest absolute Gasteiger partial charge is 0.232 e. The van der Waals surface area contributed by atoms with Crippen LogP contribution in [0.25, 0.3) is 0 Å². The van der Waals surface area contributed by atoms with Crippen molar-refractivity contribution in [2.45, 2.75) is 32.1 Å². The third kappa shape index (κ3) is 4.20. The van der Waals surface area contributed by atoms with Crippen molar-refractivity contribution in [2.24, 2.45) is 5.92 Å². The number of rotatable bonds is 4. The lowest BCUT2D eigenvalue weighted by molar-refractivity contribution is -0.137. The summed E-state index contributed by atoms with van der Waals surface area (Å²) in [6, 6.07) is 6.37. The zero-order chi connectivity index (χ0) is 15.5. The highest BCUT2D eigenvalue weighted by Gasteiger charge is 2.35. The van der Waals surface area contributed by atoms with Crippen LogP contribution in [0.1, 0.15) is 32.3 Å². The molecule has 0 saturated carbocycles. The Morgan fingerprint density at radius 1 is 1.36 bits per heavy atom. The lowest BCUT2D eigenvalue weighted by Crippen LogP contribution is -2.47. The number of carbonyl (C=O) groups is 1. The first-order chi connectivity index (χ1) is 9.95. The van der Waals surface area contributed by atoms with Crippen LogP contribution >= 0.6 is 12.4 Å². The normalized spacial score (nSPS) is 16.3. The fraction of sp³-hybridized carbons (Fsp3) is 0.588. The molecule has 1 heterocycles. The molecule has 0 aromatic heterocycles. The quantitative estimate of drug-likeness (QED) is 0.921. The molecule has 0 radical (unpaired) electrons. The van der Waals surface area contributed by atoms with Crippen LogP contribution in [-0.2, 0) is 10.2 Å². The van der Waals surface area contributed by atoms with Crippen LogP contribution in [0.4, 0.5) is 4.39 Å². The fourth-order valence-electron chi connectivity index (χ4n) is 3.02. The summed E-state index contributed by atoms with van der Waals surface area (Å²) in [6.07, 6.45) is 2.07. The number of hydrogen-bond acceptors (Lipinski definition) is 2. The summed E-state index contributed by atoms with van der Waals surface area (Å²) < 4.78 is 13.4. The molecule has 1 aromatic carbocycles. The fourth-order valence-corrected chi connectivity index (χ4v) is 3.02. The second-order valence-electron chi connectivity index (χ2n) is 6.43. The van der Waals surface area contributed by atoms with Gasteiger partial charge in [0, 0.05) is 13.1 Å². The second kappa shape index (κ2) is 7.93. The van der Waals surface area contributed by atoms with Crippen molar-refractivity contribution in [3.05, 3.63) is 35.6 Å². The molecule has 1 fully saturated rings. The molecule has 22 heavy (non-hydrogen) atoms. The average molecular weight is 329 g/mol. The molecule has 1 aromatic rings. The Morgan fingerprint density at radius 3 is 2.55 bits per heavy atom. The van der Waals surface area contributed by atoms with Crippen LogP contribution in [0.5, 0.6) is 0 Å². The first-order valence-corrected chi connectivity index (χ1v) is 7.65. The molecule has 1 aliphatic heterocycles. The number of halogens is 2. The lowest BCUT2D eigenvalue weighted by Gasteiger charge is -2.37. The molecule has 0 bridgehead atoms. The Balaban J connectivity index is 0.00000242. The standard InChI is InChI=1S/C17H25FN2O.ClH/c1-17(2,14-5-4-6-15(18)11-14)16(21)20-9-7-13(8-10-20)12-19-3;/h4-6,11,13,19H,7-10,12H2,1-3H3;1H. The molecule has 1 aliphatic rings. The summed E-state index contributed by atoms with van der Waals surface area (Å²) in [6.45, 7) is 6.36. The third-order valence-electron chi connectivity index (χ3n) is 4.48. The largest absolute Gasteiger partial charge is 0.342 e. The van der Waals surface area contributed by atoms with E-state index in [1.165, 1.54) is 12.1 Å². The van der Waals surface area contributed by atoms with Crippen LogP contribution in [-0.4, -0.2) is 37.5 Å². The zero-order valence-electron chi connectivity index (χ0n) is 13.6. The predicted molar refractivity (Wildman–Crippen MR) is 89.9 cm³/mol. The van der Waals surface area contributed by atoms with Crippen molar-refractivity contribution in [3.8, 4) is 0 Å². The van der Waals surface area contributed by atoms with Crippen LogP contribution in [0, 0.1) is 11.7 Å². The number of benzene rings is 1. The molecular formula is C17H26ClFN2O. The van der Waals surface area contributed by atoms with Gasteiger partial charge in [-0.15, -0.1) is 12.4 Å². The zero-order valence-corrected chi connectivity index (χ0v) is 14.4. The van der Waals surface area contributed by atoms with E-state index in [1.807, 2.05) is 31.9 Å². The SMILES string of the molecule is CNCC1CCN(C(=O)C(C)(C)c2cccc(F)c2)CC1.Cl. The van der Waals surface area contributed by atoms with Gasteiger partial charge in [0.05, 0.1) is 5.41 Å². The minimum absolute atomic E-state index is 0. The van der Waals surface area contributed by atoms with Crippen LogP contribution in [0.2, 0.25) is 0 Å². The predicted octanol–water partition coefficient (Wildman–Crippen LogP) is 2.98. The van der Waals surface area contributed by atoms with Gasteiger partial charge in [-0.3, -0.25) is 4.79 Å². The van der Waals surface area contributed by atoms with Crippen LogP contribution in [0.15, 0.2) is 24.3 Å². The summed E-state index contributed by atoms with van der Waals surface area (Å²) >= 11 is 0. The number of piperidine rings is 1. The van der Waals surface area contributed by atoms with E-state index in [2.05, 4.69) is 5.32 Å². The molecule has 1 amide bonds. The Bertz CT molecular complexity index is 499. The molecule has 0 unspecified atom stereocenters. The summed E-state index contributed by atoms with van der Waals surface area (Å²) in [5.74, 6) is 0.452. The Kier molecular flexibility index (Phi) is 6.82. The first kappa shape index (κ1) is 18.9. The summed E-state index contributed by atoms with van der Waals surface area (Å²) in [5, 5.41) is 3.20. The molecule has 3 nitrogen and oxygen atoms in total. The number of nitrogens with zero attached hydrogens (tertiary/aromatic N) is 1. The Morgan fingerprint density at radius 2 is 2.00 bits per heavy atom. The monoisotopic (exact) mass is 328 g/mol. The minimum atomic E-state index is -0.683. The molecule has 0 spiro atoms. The molecule has 0 atom stereocenters. The van der Waals surface area contributed by atoms with Gasteiger partial charge in [-0.2, -0.15) is 0 Å². The van der Waals surface area contributed by atoms with Crippen LogP contribution in [0.3, 0.4) is 0 Å². The van der Waals surface area contributed by atoms with Crippen molar-refractivity contribution in [1.29, 1.82) is 0 Å². The van der Waals surface area contributed by atoms with E-state index in [1.54, 1.807) is 6.07 Å². The van der Waals surface area contributed by atoms with Crippen molar-refractivity contribution >= 4 is 18.3 Å². The molecule has 0 aliphatic carbocycles. The van der Waals surface area contributed by atoms with Crippen molar-refractivity contribution in [2.75, 3.05) is 26.7 Å². The molecular weight excluding hydrogens is 303 g/mol. The maximum atomic E-state index is 13.4. The van der Waals surface area contributed by atoms with Crippen molar-refractivity contribution in [3.63, 3.8) is 0 Å². The highest BCUT2D eigenvalue weighted by atomic mass is 35.5. The number of amides is 1. The highest BCUT2D eigenvalue weighted by Crippen LogP contribution is 2.28. The minimum Gasteiger partial charge on any atom is -0.342 e. The maximum absolute atomic E-state index is 13.4. The van der Waals surface area contributed by atoms with Crippen molar-refractivity contribution in [1.82, 2.24) is 10.2 Å². The Labute approximate surface area is 138 Å². The van der Waals surface area contributed by atoms with E-state index in [0.717, 1.165) is 38.0 Å². The maximum Gasteiger partial charge on any atom is 0.232 e. The van der Waals surface area contributed by atoms with E-state index in [9.17, 15) is 9.18 Å². The molecule has 124 valence electrons. The number of likely N-dealkylation sites (tertiary alicyclic amines) is 1. The molecule has 1 saturated heterocycles. The van der Waals surface area contributed by atoms with Gasteiger partial charge in [0.2, 0.25) is 5.91 Å². The van der Waals surface area contributed by atoms with Gasteiger partial charge in [-0.25, -0.2) is 4.39 Å². The Hall–Kier alpha value is -1.13. The highest BCUT2D eigenvalue weighted by molar-refractivity contribution is 5.87. The number of nitrogens with one attached hydrogen (secondary N) is 1. The first-order valence-electron chi connectivity index (χ1n) is 7.65. The molecule has 1 N–H and O–H groups in total. The third-order valence-corrected chi connectivity index (χ3v) is 4.48. The second-order valence-corrected chi connectivity index (χ2v) is 6.43. The van der Waals surface area contributed by atoms with Gasteiger partial charge in [0.25, 0.3) is 0 Å². The summed E-state index contributed by atoms with van der Waals surface area (Å²) in [5.41, 5.74) is 0.0580. The van der Waals surface area contributed by atoms with Gasteiger partial charge >= 0.3 is 0 Å². The van der Waals surface area contributed by atoms with Gasteiger partial charge in [0.15, 0.2) is 0 Å². The van der Waals surface area contributed by atoms with E-state index in [-0.39, 0.29) is 24.1 Å². The van der Waals surface area contributed by atoms with E-state index in [0.29, 0.717) is 5.92 Å². The van der Waals surface area contributed by atoms with E-state index >= 15 is 0 Å². The van der Waals surface area contributed by atoms with Gasteiger partial charge in [-0.05, 0) is 63.9 Å². The number of carbonyl (C=O) groups excluding carboxylic acids is 1. The average Bonchev–Trinajstić information content (AvgIpc) is 2.47. The number of hydrogen-bond donors (Lipinski definition) is 1. The van der Waals surface area contributed by atoms with Crippen molar-refractivity contribution < 1.29 is 9.18 Å². The van der Waals surface area contributed by atoms with Crippen LogP contribution < -0.4 is 5.32 Å². The van der Waals surface area contributed by atoms with E-state index < -0.39 is 5.41 Å². The lowest BCUT2D eigenvalue weighted by atomic mass is 9.82. The van der Waals surface area contributed by atoms with E-state index in [4.69, 9.17) is 0 Å². The summed E-state index contributed by atoms with van der Waals surface area (Å²) in [4.78, 5) is 14.7. The molecule has 2 rings (SSSR count). The van der Waals surface area contributed by atoms with Gasteiger partial charge in [0.1, 0.15) is 5.82 Å². The topological polar surface area (TPSA) is 32.3 Å². The van der Waals surface area contributed by atoms with Gasteiger partial charge < -0.3 is 10.2 Å². The molecule has 5 heteroatoms. The van der Waals surface area contributed by atoms with Gasteiger partial charge in [-0.1, -0.05) is 12.1 Å². The summed E-state index contributed by atoms with van der Waals surface area (Å²) in [7, 11) is 1.96.